The van der Waals surface area contributed by atoms with Gasteiger partial charge in [-0.05, 0) is 39.3 Å². The fraction of sp³-hybridized carbons (Fsp3) is 0.357. The third-order valence-corrected chi connectivity index (χ3v) is 3.91. The number of thiazole rings is 1. The molecule has 0 aliphatic carbocycles. The first-order valence-corrected chi connectivity index (χ1v) is 6.90. The molecule has 0 amide bonds. The van der Waals surface area contributed by atoms with Crippen molar-refractivity contribution in [2.75, 3.05) is 5.32 Å². The van der Waals surface area contributed by atoms with E-state index >= 15 is 0 Å². The van der Waals surface area contributed by atoms with E-state index in [1.807, 2.05) is 40.0 Å². The van der Waals surface area contributed by atoms with E-state index in [1.54, 1.807) is 11.3 Å². The first-order valence-electron chi connectivity index (χ1n) is 6.08. The third-order valence-electron chi connectivity index (χ3n) is 2.82. The van der Waals surface area contributed by atoms with Crippen LogP contribution in [0.5, 0.6) is 0 Å². The quantitative estimate of drug-likeness (QED) is 0.928. The summed E-state index contributed by atoms with van der Waals surface area (Å²) in [6, 6.07) is 4.17. The maximum Gasteiger partial charge on any atom is 0.145 e. The lowest BCUT2D eigenvalue weighted by atomic mass is 10.1. The van der Waals surface area contributed by atoms with E-state index in [-0.39, 0.29) is 6.04 Å². The predicted octanol–water partition coefficient (Wildman–Crippen LogP) is 3.51. The second-order valence-corrected chi connectivity index (χ2v) is 5.86. The summed E-state index contributed by atoms with van der Waals surface area (Å²) in [5.74, 6) is 0.639. The van der Waals surface area contributed by atoms with Crippen molar-refractivity contribution in [2.45, 2.75) is 33.7 Å². The summed E-state index contributed by atoms with van der Waals surface area (Å²) >= 11 is 1.65. The molecule has 2 aromatic rings. The summed E-state index contributed by atoms with van der Waals surface area (Å²) < 4.78 is 0. The maximum atomic E-state index is 9.23. The van der Waals surface area contributed by atoms with Crippen molar-refractivity contribution in [1.82, 2.24) is 9.97 Å². The first-order chi connectivity index (χ1) is 9.01. The van der Waals surface area contributed by atoms with Gasteiger partial charge in [-0.2, -0.15) is 5.26 Å². The minimum absolute atomic E-state index is 0.0412. The fourth-order valence-corrected chi connectivity index (χ4v) is 2.70. The van der Waals surface area contributed by atoms with Crippen LogP contribution in [-0.4, -0.2) is 9.97 Å². The van der Waals surface area contributed by atoms with Gasteiger partial charge in [-0.3, -0.25) is 0 Å². The molecule has 4 nitrogen and oxygen atoms in total. The zero-order valence-corrected chi connectivity index (χ0v) is 12.3. The second kappa shape index (κ2) is 5.37. The molecule has 0 aromatic carbocycles. The van der Waals surface area contributed by atoms with Crippen LogP contribution in [0.25, 0.3) is 0 Å². The Morgan fingerprint density at radius 1 is 1.37 bits per heavy atom. The predicted molar refractivity (Wildman–Crippen MR) is 77.3 cm³/mol. The molecular weight excluding hydrogens is 256 g/mol. The fourth-order valence-electron chi connectivity index (χ4n) is 1.92. The summed E-state index contributed by atoms with van der Waals surface area (Å²) in [6.45, 7) is 7.91. The van der Waals surface area contributed by atoms with Crippen LogP contribution in [0.2, 0.25) is 0 Å². The molecule has 2 heterocycles. The monoisotopic (exact) mass is 272 g/mol. The Morgan fingerprint density at radius 2 is 2.11 bits per heavy atom. The summed E-state index contributed by atoms with van der Waals surface area (Å²) in [5.41, 5.74) is 2.45. The summed E-state index contributed by atoms with van der Waals surface area (Å²) in [6.07, 6.45) is 1.86. The van der Waals surface area contributed by atoms with Crippen LogP contribution in [0.4, 0.5) is 5.82 Å². The third kappa shape index (κ3) is 2.91. The molecular formula is C14H16N4S. The average Bonchev–Trinajstić information content (AvgIpc) is 2.75. The Bertz CT molecular complexity index is 639. The van der Waals surface area contributed by atoms with E-state index in [4.69, 9.17) is 0 Å². The summed E-state index contributed by atoms with van der Waals surface area (Å²) in [5, 5.41) is 13.5. The van der Waals surface area contributed by atoms with Gasteiger partial charge in [0.05, 0.1) is 11.6 Å². The summed E-state index contributed by atoms with van der Waals surface area (Å²) in [7, 11) is 0. The van der Waals surface area contributed by atoms with Crippen LogP contribution in [0.1, 0.15) is 39.7 Å². The Hall–Kier alpha value is -1.93. The normalized spacial score (nSPS) is 11.9. The minimum Gasteiger partial charge on any atom is -0.360 e. The van der Waals surface area contributed by atoms with Gasteiger partial charge in [0.1, 0.15) is 16.9 Å². The van der Waals surface area contributed by atoms with Gasteiger partial charge in [-0.1, -0.05) is 0 Å². The number of rotatable bonds is 3. The highest BCUT2D eigenvalue weighted by molar-refractivity contribution is 7.11. The molecule has 5 heteroatoms. The highest BCUT2D eigenvalue weighted by atomic mass is 32.1. The Kier molecular flexibility index (Phi) is 3.82. The molecule has 2 rings (SSSR count). The maximum absolute atomic E-state index is 9.23. The van der Waals surface area contributed by atoms with E-state index in [9.17, 15) is 5.26 Å². The number of nitriles is 1. The van der Waals surface area contributed by atoms with Crippen molar-refractivity contribution in [3.05, 3.63) is 39.0 Å². The van der Waals surface area contributed by atoms with Crippen molar-refractivity contribution >= 4 is 17.2 Å². The molecule has 19 heavy (non-hydrogen) atoms. The van der Waals surface area contributed by atoms with Crippen LogP contribution in [-0.2, 0) is 0 Å². The van der Waals surface area contributed by atoms with E-state index < -0.39 is 0 Å². The average molecular weight is 272 g/mol. The molecule has 0 bridgehead atoms. The zero-order chi connectivity index (χ0) is 14.0. The lowest BCUT2D eigenvalue weighted by Crippen LogP contribution is -2.10. The Balaban J connectivity index is 2.31. The number of hydrogen-bond donors (Lipinski definition) is 1. The number of nitrogens with one attached hydrogen (secondary N) is 1. The lowest BCUT2D eigenvalue weighted by Gasteiger charge is -2.14. The number of aromatic nitrogens is 2. The SMILES string of the molecule is Cc1cc(C)c(C#N)c(NC(C)c2ncc(C)s2)n1. The highest BCUT2D eigenvalue weighted by Gasteiger charge is 2.14. The van der Waals surface area contributed by atoms with Gasteiger partial charge in [0.2, 0.25) is 0 Å². The number of nitrogens with zero attached hydrogens (tertiary/aromatic N) is 3. The molecule has 1 N–H and O–H groups in total. The smallest absolute Gasteiger partial charge is 0.145 e. The Morgan fingerprint density at radius 3 is 2.68 bits per heavy atom. The summed E-state index contributed by atoms with van der Waals surface area (Å²) in [4.78, 5) is 9.96. The number of aryl methyl sites for hydroxylation is 3. The number of pyridine rings is 1. The molecule has 0 spiro atoms. The molecule has 2 aromatic heterocycles. The van der Waals surface area contributed by atoms with Crippen LogP contribution < -0.4 is 5.32 Å². The molecule has 0 aliphatic rings. The van der Waals surface area contributed by atoms with E-state index in [0.29, 0.717) is 11.4 Å². The molecule has 0 aliphatic heterocycles. The van der Waals surface area contributed by atoms with E-state index in [2.05, 4.69) is 21.4 Å². The van der Waals surface area contributed by atoms with Gasteiger partial charge < -0.3 is 5.32 Å². The zero-order valence-electron chi connectivity index (χ0n) is 11.5. The molecule has 0 saturated heterocycles. The van der Waals surface area contributed by atoms with Gasteiger partial charge in [0.25, 0.3) is 0 Å². The number of anilines is 1. The molecule has 1 unspecified atom stereocenters. The first kappa shape index (κ1) is 13.5. The van der Waals surface area contributed by atoms with Crippen LogP contribution in [0.15, 0.2) is 12.3 Å². The van der Waals surface area contributed by atoms with Gasteiger partial charge in [-0.25, -0.2) is 9.97 Å². The van der Waals surface area contributed by atoms with Gasteiger partial charge in [0, 0.05) is 16.8 Å². The van der Waals surface area contributed by atoms with Crippen LogP contribution >= 0.6 is 11.3 Å². The van der Waals surface area contributed by atoms with Crippen molar-refractivity contribution in [1.29, 1.82) is 5.26 Å². The van der Waals surface area contributed by atoms with Gasteiger partial charge >= 0.3 is 0 Å². The van der Waals surface area contributed by atoms with Crippen molar-refractivity contribution < 1.29 is 0 Å². The molecule has 1 atom stereocenters. The molecule has 0 radical (unpaired) electrons. The lowest BCUT2D eigenvalue weighted by molar-refractivity contribution is 0.857. The standard InChI is InChI=1S/C14H16N4S/c1-8-5-9(2)17-13(12(8)6-15)18-11(4)14-16-7-10(3)19-14/h5,7,11H,1-4H3,(H,17,18). The largest absolute Gasteiger partial charge is 0.360 e. The Labute approximate surface area is 117 Å². The van der Waals surface area contributed by atoms with Crippen LogP contribution in [0.3, 0.4) is 0 Å². The van der Waals surface area contributed by atoms with Crippen molar-refractivity contribution in [2.24, 2.45) is 0 Å². The minimum atomic E-state index is 0.0412. The highest BCUT2D eigenvalue weighted by Crippen LogP contribution is 2.25. The van der Waals surface area contributed by atoms with Crippen molar-refractivity contribution in [3.8, 4) is 6.07 Å². The van der Waals surface area contributed by atoms with Gasteiger partial charge in [-0.15, -0.1) is 11.3 Å². The van der Waals surface area contributed by atoms with Crippen LogP contribution in [0, 0.1) is 32.1 Å². The van der Waals surface area contributed by atoms with Crippen molar-refractivity contribution in [3.63, 3.8) is 0 Å². The number of hydrogen-bond acceptors (Lipinski definition) is 5. The topological polar surface area (TPSA) is 61.6 Å². The molecule has 0 saturated carbocycles. The molecule has 0 fully saturated rings. The van der Waals surface area contributed by atoms with E-state index in [1.165, 1.54) is 4.88 Å². The van der Waals surface area contributed by atoms with E-state index in [0.717, 1.165) is 16.3 Å². The second-order valence-electron chi connectivity index (χ2n) is 4.59. The molecule has 98 valence electrons. The van der Waals surface area contributed by atoms with Gasteiger partial charge in [0.15, 0.2) is 0 Å².